The maximum absolute atomic E-state index is 5.24. The van der Waals surface area contributed by atoms with Gasteiger partial charge in [-0.05, 0) is 37.3 Å². The molecule has 0 radical (unpaired) electrons. The van der Waals surface area contributed by atoms with E-state index in [4.69, 9.17) is 8.94 Å². The second kappa shape index (κ2) is 4.42. The lowest BCUT2D eigenvalue weighted by Crippen LogP contribution is -1.81. The molecule has 4 nitrogen and oxygen atoms in total. The van der Waals surface area contributed by atoms with E-state index < -0.39 is 0 Å². The Labute approximate surface area is 112 Å². The standard InChI is InChI=1S/C13H9BrN2O2/c1-8-11(6-7-17-8)13-15-12(16-18-13)9-2-4-10(14)5-3-9/h2-7H,1H3. The molecule has 0 aliphatic rings. The molecular weight excluding hydrogens is 296 g/mol. The van der Waals surface area contributed by atoms with Crippen LogP contribution in [0.5, 0.6) is 0 Å². The minimum atomic E-state index is 0.471. The summed E-state index contributed by atoms with van der Waals surface area (Å²) in [5, 5.41) is 3.97. The molecular formula is C13H9BrN2O2. The molecule has 3 rings (SSSR count). The molecule has 2 heterocycles. The third kappa shape index (κ3) is 1.97. The fraction of sp³-hybridized carbons (Fsp3) is 0.0769. The largest absolute Gasteiger partial charge is 0.469 e. The van der Waals surface area contributed by atoms with Crippen molar-refractivity contribution in [3.8, 4) is 22.8 Å². The maximum atomic E-state index is 5.24. The molecule has 0 spiro atoms. The lowest BCUT2D eigenvalue weighted by Gasteiger charge is -1.93. The highest BCUT2D eigenvalue weighted by molar-refractivity contribution is 9.10. The quantitative estimate of drug-likeness (QED) is 0.716. The van der Waals surface area contributed by atoms with Crippen molar-refractivity contribution in [1.29, 1.82) is 0 Å². The van der Waals surface area contributed by atoms with Gasteiger partial charge in [0.1, 0.15) is 5.76 Å². The van der Waals surface area contributed by atoms with E-state index >= 15 is 0 Å². The minimum absolute atomic E-state index is 0.471. The van der Waals surface area contributed by atoms with Crippen molar-refractivity contribution in [1.82, 2.24) is 10.1 Å². The minimum Gasteiger partial charge on any atom is -0.469 e. The Morgan fingerprint density at radius 1 is 1.11 bits per heavy atom. The first-order valence-electron chi connectivity index (χ1n) is 5.38. The van der Waals surface area contributed by atoms with Gasteiger partial charge in [0.2, 0.25) is 5.82 Å². The van der Waals surface area contributed by atoms with Crippen LogP contribution in [0.1, 0.15) is 5.76 Å². The van der Waals surface area contributed by atoms with Gasteiger partial charge in [0, 0.05) is 10.0 Å². The topological polar surface area (TPSA) is 52.1 Å². The Morgan fingerprint density at radius 3 is 2.56 bits per heavy atom. The Balaban J connectivity index is 1.99. The molecule has 0 fully saturated rings. The molecule has 0 saturated carbocycles. The Morgan fingerprint density at radius 2 is 1.89 bits per heavy atom. The average Bonchev–Trinajstić information content (AvgIpc) is 2.98. The van der Waals surface area contributed by atoms with E-state index in [0.29, 0.717) is 11.7 Å². The smallest absolute Gasteiger partial charge is 0.261 e. The van der Waals surface area contributed by atoms with E-state index in [2.05, 4.69) is 26.1 Å². The molecule has 5 heteroatoms. The zero-order chi connectivity index (χ0) is 12.5. The number of halogens is 1. The molecule has 0 N–H and O–H groups in total. The second-order valence-electron chi connectivity index (χ2n) is 3.82. The van der Waals surface area contributed by atoms with Gasteiger partial charge >= 0.3 is 0 Å². The van der Waals surface area contributed by atoms with Crippen LogP contribution >= 0.6 is 15.9 Å². The molecule has 0 bridgehead atoms. The number of furan rings is 1. The fourth-order valence-corrected chi connectivity index (χ4v) is 1.92. The van der Waals surface area contributed by atoms with Crippen LogP contribution in [0, 0.1) is 6.92 Å². The monoisotopic (exact) mass is 304 g/mol. The summed E-state index contributed by atoms with van der Waals surface area (Å²) < 4.78 is 11.5. The molecule has 0 amide bonds. The predicted molar refractivity (Wildman–Crippen MR) is 69.9 cm³/mol. The molecule has 3 aromatic rings. The molecule has 0 atom stereocenters. The Bertz CT molecular complexity index is 670. The maximum Gasteiger partial charge on any atom is 0.261 e. The van der Waals surface area contributed by atoms with Gasteiger partial charge in [0.15, 0.2) is 0 Å². The van der Waals surface area contributed by atoms with Crippen LogP contribution < -0.4 is 0 Å². The third-order valence-corrected chi connectivity index (χ3v) is 3.15. The average molecular weight is 305 g/mol. The van der Waals surface area contributed by atoms with E-state index in [9.17, 15) is 0 Å². The molecule has 0 aliphatic heterocycles. The summed E-state index contributed by atoms with van der Waals surface area (Å²) in [6.45, 7) is 1.86. The van der Waals surface area contributed by atoms with Gasteiger partial charge in [-0.2, -0.15) is 4.98 Å². The summed E-state index contributed by atoms with van der Waals surface area (Å²) >= 11 is 3.39. The highest BCUT2D eigenvalue weighted by Crippen LogP contribution is 2.25. The van der Waals surface area contributed by atoms with Crippen molar-refractivity contribution in [2.45, 2.75) is 6.92 Å². The van der Waals surface area contributed by atoms with Crippen LogP contribution in [0.4, 0.5) is 0 Å². The summed E-state index contributed by atoms with van der Waals surface area (Å²) in [6.07, 6.45) is 1.61. The first-order valence-corrected chi connectivity index (χ1v) is 6.17. The number of benzene rings is 1. The Hall–Kier alpha value is -1.88. The molecule has 90 valence electrons. The SMILES string of the molecule is Cc1occc1-c1nc(-c2ccc(Br)cc2)no1. The summed E-state index contributed by atoms with van der Waals surface area (Å²) in [7, 11) is 0. The van der Waals surface area contributed by atoms with Gasteiger partial charge in [-0.3, -0.25) is 0 Å². The molecule has 1 aromatic carbocycles. The summed E-state index contributed by atoms with van der Waals surface area (Å²) in [6, 6.07) is 9.55. The van der Waals surface area contributed by atoms with Gasteiger partial charge in [0.05, 0.1) is 11.8 Å². The van der Waals surface area contributed by atoms with Gasteiger partial charge in [0.25, 0.3) is 5.89 Å². The van der Waals surface area contributed by atoms with Crippen LogP contribution in [0.2, 0.25) is 0 Å². The summed E-state index contributed by atoms with van der Waals surface area (Å²) in [4.78, 5) is 4.36. The fourth-order valence-electron chi connectivity index (χ4n) is 1.66. The Kier molecular flexibility index (Phi) is 2.76. The number of rotatable bonds is 2. The van der Waals surface area contributed by atoms with Crippen molar-refractivity contribution in [2.75, 3.05) is 0 Å². The van der Waals surface area contributed by atoms with Gasteiger partial charge in [-0.15, -0.1) is 0 Å². The van der Waals surface area contributed by atoms with Crippen molar-refractivity contribution in [3.63, 3.8) is 0 Å². The van der Waals surface area contributed by atoms with Crippen LogP contribution in [-0.4, -0.2) is 10.1 Å². The van der Waals surface area contributed by atoms with Crippen molar-refractivity contribution in [3.05, 3.63) is 46.8 Å². The highest BCUT2D eigenvalue weighted by atomic mass is 79.9. The number of aromatic nitrogens is 2. The molecule has 0 aliphatic carbocycles. The van der Waals surface area contributed by atoms with Gasteiger partial charge in [-0.25, -0.2) is 0 Å². The third-order valence-electron chi connectivity index (χ3n) is 2.62. The van der Waals surface area contributed by atoms with Crippen LogP contribution in [0.3, 0.4) is 0 Å². The van der Waals surface area contributed by atoms with E-state index in [1.54, 1.807) is 6.26 Å². The zero-order valence-electron chi connectivity index (χ0n) is 9.55. The first kappa shape index (κ1) is 11.2. The van der Waals surface area contributed by atoms with E-state index in [1.807, 2.05) is 37.3 Å². The molecule has 0 unspecified atom stereocenters. The molecule has 18 heavy (non-hydrogen) atoms. The highest BCUT2D eigenvalue weighted by Gasteiger charge is 2.13. The van der Waals surface area contributed by atoms with E-state index in [-0.39, 0.29) is 0 Å². The predicted octanol–water partition coefficient (Wildman–Crippen LogP) is 4.07. The van der Waals surface area contributed by atoms with Crippen LogP contribution in [0.15, 0.2) is 50.0 Å². The van der Waals surface area contributed by atoms with Gasteiger partial charge < -0.3 is 8.94 Å². The number of nitrogens with zero attached hydrogens (tertiary/aromatic N) is 2. The normalized spacial score (nSPS) is 10.8. The summed E-state index contributed by atoms with van der Waals surface area (Å²) in [5.41, 5.74) is 1.74. The van der Waals surface area contributed by atoms with Crippen molar-refractivity contribution in [2.24, 2.45) is 0 Å². The molecule has 2 aromatic heterocycles. The number of aryl methyl sites for hydroxylation is 1. The van der Waals surface area contributed by atoms with E-state index in [1.165, 1.54) is 0 Å². The van der Waals surface area contributed by atoms with Crippen molar-refractivity contribution >= 4 is 15.9 Å². The van der Waals surface area contributed by atoms with Crippen LogP contribution in [-0.2, 0) is 0 Å². The number of hydrogen-bond acceptors (Lipinski definition) is 4. The summed E-state index contributed by atoms with van der Waals surface area (Å²) in [5.74, 6) is 1.80. The first-order chi connectivity index (χ1) is 8.74. The van der Waals surface area contributed by atoms with Crippen molar-refractivity contribution < 1.29 is 8.94 Å². The van der Waals surface area contributed by atoms with Crippen LogP contribution in [0.25, 0.3) is 22.8 Å². The number of hydrogen-bond donors (Lipinski definition) is 0. The second-order valence-corrected chi connectivity index (χ2v) is 4.74. The van der Waals surface area contributed by atoms with E-state index in [0.717, 1.165) is 21.4 Å². The zero-order valence-corrected chi connectivity index (χ0v) is 11.1. The lowest BCUT2D eigenvalue weighted by molar-refractivity contribution is 0.430. The lowest BCUT2D eigenvalue weighted by atomic mass is 10.2. The molecule has 0 saturated heterocycles. The van der Waals surface area contributed by atoms with Gasteiger partial charge in [-0.1, -0.05) is 21.1 Å².